The quantitative estimate of drug-likeness (QED) is 0.700. The monoisotopic (exact) mass is 211 g/mol. The molecule has 0 unspecified atom stereocenters. The Kier molecular flexibility index (Phi) is 4.27. The van der Waals surface area contributed by atoms with Crippen LogP contribution in [0.1, 0.15) is 33.6 Å². The van der Waals surface area contributed by atoms with E-state index in [1.54, 1.807) is 0 Å². The van der Waals surface area contributed by atoms with Crippen LogP contribution in [0.25, 0.3) is 0 Å². The van der Waals surface area contributed by atoms with Gasteiger partial charge in [0, 0.05) is 13.1 Å². The third kappa shape index (κ3) is 4.87. The van der Waals surface area contributed by atoms with Crippen molar-refractivity contribution in [2.24, 2.45) is 5.41 Å². The highest BCUT2D eigenvalue weighted by Gasteiger charge is 2.14. The van der Waals surface area contributed by atoms with Crippen LogP contribution in [0.2, 0.25) is 0 Å². The van der Waals surface area contributed by atoms with E-state index in [0.717, 1.165) is 13.1 Å². The Morgan fingerprint density at radius 2 is 2.07 bits per heavy atom. The lowest BCUT2D eigenvalue weighted by atomic mass is 9.96. The maximum atomic E-state index is 4.49. The van der Waals surface area contributed by atoms with Crippen molar-refractivity contribution in [3.63, 3.8) is 0 Å². The lowest BCUT2D eigenvalue weighted by molar-refractivity contribution is 0.314. The first-order valence-electron chi connectivity index (χ1n) is 5.27. The van der Waals surface area contributed by atoms with Gasteiger partial charge in [0.15, 0.2) is 0 Å². The summed E-state index contributed by atoms with van der Waals surface area (Å²) in [6.07, 6.45) is 9.15. The highest BCUT2D eigenvalue weighted by atomic mass is 32.1. The predicted octanol–water partition coefficient (Wildman–Crippen LogP) is 3.46. The highest BCUT2D eigenvalue weighted by molar-refractivity contribution is 7.77. The molecule has 1 nitrogen and oxygen atoms in total. The summed E-state index contributed by atoms with van der Waals surface area (Å²) in [7, 11) is 0. The van der Waals surface area contributed by atoms with Gasteiger partial charge in [-0.3, -0.25) is 0 Å². The van der Waals surface area contributed by atoms with Crippen LogP contribution in [-0.2, 0) is 0 Å². The molecule has 0 aliphatic heterocycles. The van der Waals surface area contributed by atoms with Gasteiger partial charge < -0.3 is 0 Å². The zero-order valence-electron chi connectivity index (χ0n) is 9.45. The number of allylic oxidation sites excluding steroid dienone is 2. The zero-order chi connectivity index (χ0) is 10.6. The summed E-state index contributed by atoms with van der Waals surface area (Å²) in [6, 6.07) is 0. The second-order valence-corrected chi connectivity index (χ2v) is 5.71. The van der Waals surface area contributed by atoms with Gasteiger partial charge in [-0.25, -0.2) is 4.31 Å². The third-order valence-corrected chi connectivity index (χ3v) is 2.38. The molecular weight excluding hydrogens is 190 g/mol. The Balaban J connectivity index is 2.37. The van der Waals surface area contributed by atoms with Crippen LogP contribution in [0.5, 0.6) is 0 Å². The smallest absolute Gasteiger partial charge is 0.0335 e. The molecule has 0 spiro atoms. The molecule has 14 heavy (non-hydrogen) atoms. The van der Waals surface area contributed by atoms with Crippen molar-refractivity contribution in [1.82, 2.24) is 4.31 Å². The molecule has 1 aliphatic rings. The largest absolute Gasteiger partial charge is 0.248 e. The van der Waals surface area contributed by atoms with Crippen molar-refractivity contribution in [2.45, 2.75) is 33.6 Å². The summed E-state index contributed by atoms with van der Waals surface area (Å²) < 4.78 is 2.10. The predicted molar refractivity (Wildman–Crippen MR) is 66.5 cm³/mol. The van der Waals surface area contributed by atoms with E-state index in [0.29, 0.717) is 5.41 Å². The summed E-state index contributed by atoms with van der Waals surface area (Å²) in [5, 5.41) is 0. The fourth-order valence-corrected chi connectivity index (χ4v) is 2.19. The van der Waals surface area contributed by atoms with E-state index in [4.69, 9.17) is 0 Å². The van der Waals surface area contributed by atoms with Crippen LogP contribution in [0, 0.1) is 5.41 Å². The first kappa shape index (κ1) is 11.9. The molecule has 2 heteroatoms. The van der Waals surface area contributed by atoms with Crippen molar-refractivity contribution in [2.75, 3.05) is 13.1 Å². The van der Waals surface area contributed by atoms with Crippen molar-refractivity contribution in [3.8, 4) is 0 Å². The van der Waals surface area contributed by atoms with E-state index in [1.165, 1.54) is 18.4 Å². The van der Waals surface area contributed by atoms with Crippen LogP contribution in [0.4, 0.5) is 0 Å². The van der Waals surface area contributed by atoms with E-state index in [2.05, 4.69) is 56.1 Å². The minimum atomic E-state index is 0.320. The first-order valence-corrected chi connectivity index (χ1v) is 5.67. The van der Waals surface area contributed by atoms with E-state index in [1.807, 2.05) is 0 Å². The minimum absolute atomic E-state index is 0.320. The highest BCUT2D eigenvalue weighted by Crippen LogP contribution is 2.18. The SMILES string of the molecule is CC(C)(C)CN(S)CC1=CCCC=C1. The first-order chi connectivity index (χ1) is 6.47. The normalized spacial score (nSPS) is 17.4. The van der Waals surface area contributed by atoms with Crippen molar-refractivity contribution in [1.29, 1.82) is 0 Å². The van der Waals surface area contributed by atoms with E-state index < -0.39 is 0 Å². The van der Waals surface area contributed by atoms with Crippen LogP contribution < -0.4 is 0 Å². The molecule has 1 rings (SSSR count). The zero-order valence-corrected chi connectivity index (χ0v) is 10.3. The van der Waals surface area contributed by atoms with Crippen LogP contribution in [0.15, 0.2) is 23.8 Å². The van der Waals surface area contributed by atoms with E-state index in [-0.39, 0.29) is 0 Å². The summed E-state index contributed by atoms with van der Waals surface area (Å²) in [6.45, 7) is 8.68. The van der Waals surface area contributed by atoms with Crippen LogP contribution in [0.3, 0.4) is 0 Å². The van der Waals surface area contributed by atoms with Gasteiger partial charge in [0.05, 0.1) is 0 Å². The molecule has 0 fully saturated rings. The molecule has 0 heterocycles. The molecular formula is C12H21NS. The molecule has 0 aromatic rings. The van der Waals surface area contributed by atoms with Crippen molar-refractivity contribution < 1.29 is 0 Å². The Labute approximate surface area is 93.4 Å². The molecule has 0 aromatic carbocycles. The molecule has 0 bridgehead atoms. The fourth-order valence-electron chi connectivity index (χ4n) is 1.60. The molecule has 0 N–H and O–H groups in total. The van der Waals surface area contributed by atoms with Gasteiger partial charge in [0.25, 0.3) is 0 Å². The molecule has 80 valence electrons. The summed E-state index contributed by atoms with van der Waals surface area (Å²) in [4.78, 5) is 0. The maximum absolute atomic E-state index is 4.49. The van der Waals surface area contributed by atoms with Gasteiger partial charge in [-0.1, -0.05) is 51.8 Å². The Morgan fingerprint density at radius 1 is 1.36 bits per heavy atom. The molecule has 1 aliphatic carbocycles. The van der Waals surface area contributed by atoms with Gasteiger partial charge in [-0.2, -0.15) is 0 Å². The molecule has 0 amide bonds. The number of rotatable bonds is 3. The van der Waals surface area contributed by atoms with Crippen LogP contribution >= 0.6 is 12.8 Å². The Bertz CT molecular complexity index is 235. The lowest BCUT2D eigenvalue weighted by Gasteiger charge is -2.26. The van der Waals surface area contributed by atoms with Gasteiger partial charge in [-0.15, -0.1) is 0 Å². The third-order valence-electron chi connectivity index (χ3n) is 2.09. The Hall–Kier alpha value is -0.210. The molecule has 0 saturated carbocycles. The number of thiol groups is 1. The van der Waals surface area contributed by atoms with Gasteiger partial charge in [0.1, 0.15) is 0 Å². The second kappa shape index (κ2) is 5.04. The molecule has 0 radical (unpaired) electrons. The summed E-state index contributed by atoms with van der Waals surface area (Å²) in [5.41, 5.74) is 1.72. The maximum Gasteiger partial charge on any atom is 0.0335 e. The number of hydrogen-bond acceptors (Lipinski definition) is 2. The number of hydrogen-bond donors (Lipinski definition) is 1. The van der Waals surface area contributed by atoms with Gasteiger partial charge >= 0.3 is 0 Å². The standard InChI is InChI=1S/C12H21NS/c1-12(2,3)10-13(14)9-11-7-5-4-6-8-11/h5,7-8,14H,4,6,9-10H2,1-3H3. The fraction of sp³-hybridized carbons (Fsp3) is 0.667. The van der Waals surface area contributed by atoms with Crippen LogP contribution in [-0.4, -0.2) is 17.4 Å². The molecule has 0 atom stereocenters. The Morgan fingerprint density at radius 3 is 2.57 bits per heavy atom. The average molecular weight is 211 g/mol. The van der Waals surface area contributed by atoms with Gasteiger partial charge in [0.2, 0.25) is 0 Å². The summed E-state index contributed by atoms with van der Waals surface area (Å²) >= 11 is 4.49. The lowest BCUT2D eigenvalue weighted by Crippen LogP contribution is -2.27. The minimum Gasteiger partial charge on any atom is -0.248 e. The van der Waals surface area contributed by atoms with E-state index in [9.17, 15) is 0 Å². The van der Waals surface area contributed by atoms with Crippen molar-refractivity contribution in [3.05, 3.63) is 23.8 Å². The summed E-state index contributed by atoms with van der Waals surface area (Å²) in [5.74, 6) is 0. The average Bonchev–Trinajstić information content (AvgIpc) is 2.02. The van der Waals surface area contributed by atoms with Gasteiger partial charge in [-0.05, 0) is 23.8 Å². The molecule has 0 aromatic heterocycles. The van der Waals surface area contributed by atoms with Crippen molar-refractivity contribution >= 4 is 12.8 Å². The topological polar surface area (TPSA) is 3.24 Å². The second-order valence-electron chi connectivity index (χ2n) is 5.14. The molecule has 0 saturated heterocycles. The van der Waals surface area contributed by atoms with E-state index >= 15 is 0 Å². The number of nitrogens with zero attached hydrogens (tertiary/aromatic N) is 1.